The number of hydrogen-bond acceptors (Lipinski definition) is 4. The van der Waals surface area contributed by atoms with Crippen LogP contribution in [0.4, 0.5) is 0 Å². The van der Waals surface area contributed by atoms with E-state index in [9.17, 15) is 0 Å². The molecule has 4 nitrogen and oxygen atoms in total. The Hall–Kier alpha value is -0.160. The van der Waals surface area contributed by atoms with Gasteiger partial charge in [0.15, 0.2) is 0 Å². The van der Waals surface area contributed by atoms with Gasteiger partial charge in [0, 0.05) is 25.8 Å². The van der Waals surface area contributed by atoms with Gasteiger partial charge in [-0.15, -0.1) is 0 Å². The zero-order valence-corrected chi connectivity index (χ0v) is 8.96. The summed E-state index contributed by atoms with van der Waals surface area (Å²) in [5.41, 5.74) is 5.72. The van der Waals surface area contributed by atoms with Gasteiger partial charge in [0.1, 0.15) is 0 Å². The van der Waals surface area contributed by atoms with Crippen LogP contribution in [0.15, 0.2) is 0 Å². The maximum atomic E-state index is 8.82. The van der Waals surface area contributed by atoms with Gasteiger partial charge in [-0.3, -0.25) is 0 Å². The first-order valence-corrected chi connectivity index (χ1v) is 5.39. The molecule has 0 amide bonds. The summed E-state index contributed by atoms with van der Waals surface area (Å²) in [6, 6.07) is 0.297. The van der Waals surface area contributed by atoms with E-state index in [2.05, 4.69) is 12.2 Å². The molecule has 4 heteroatoms. The highest BCUT2D eigenvalue weighted by atomic mass is 16.5. The first kappa shape index (κ1) is 11.9. The Morgan fingerprint density at radius 1 is 1.64 bits per heavy atom. The van der Waals surface area contributed by atoms with Crippen LogP contribution < -0.4 is 11.1 Å². The summed E-state index contributed by atoms with van der Waals surface area (Å²) in [5, 5.41) is 12.3. The molecule has 1 aliphatic heterocycles. The second-order valence-electron chi connectivity index (χ2n) is 4.20. The molecule has 84 valence electrons. The highest BCUT2D eigenvalue weighted by Gasteiger charge is 2.32. The summed E-state index contributed by atoms with van der Waals surface area (Å²) in [5.74, 6) is 0. The molecule has 1 aliphatic rings. The zero-order chi connectivity index (χ0) is 10.4. The molecule has 0 bridgehead atoms. The van der Waals surface area contributed by atoms with Gasteiger partial charge >= 0.3 is 0 Å². The first-order chi connectivity index (χ1) is 6.72. The van der Waals surface area contributed by atoms with E-state index >= 15 is 0 Å². The maximum absolute atomic E-state index is 8.82. The zero-order valence-electron chi connectivity index (χ0n) is 8.96. The molecule has 4 N–H and O–H groups in total. The summed E-state index contributed by atoms with van der Waals surface area (Å²) in [6.07, 6.45) is 2.90. The van der Waals surface area contributed by atoms with Crippen LogP contribution in [0, 0.1) is 0 Å². The molecule has 1 saturated heterocycles. The molecule has 0 aliphatic carbocycles. The fourth-order valence-electron chi connectivity index (χ4n) is 1.97. The van der Waals surface area contributed by atoms with Crippen molar-refractivity contribution in [1.29, 1.82) is 0 Å². The van der Waals surface area contributed by atoms with Crippen LogP contribution in [-0.2, 0) is 4.74 Å². The normalized spacial score (nSPS) is 30.2. The lowest BCUT2D eigenvalue weighted by atomic mass is 9.91. The van der Waals surface area contributed by atoms with E-state index in [1.807, 2.05) is 0 Å². The fourth-order valence-corrected chi connectivity index (χ4v) is 1.97. The number of hydrogen-bond donors (Lipinski definition) is 3. The van der Waals surface area contributed by atoms with Crippen LogP contribution in [0.2, 0.25) is 0 Å². The van der Waals surface area contributed by atoms with Crippen LogP contribution in [0.3, 0.4) is 0 Å². The van der Waals surface area contributed by atoms with Crippen LogP contribution in [0.25, 0.3) is 0 Å². The molecule has 1 heterocycles. The van der Waals surface area contributed by atoms with Gasteiger partial charge in [0.05, 0.1) is 12.1 Å². The summed E-state index contributed by atoms with van der Waals surface area (Å²) < 4.78 is 5.45. The first-order valence-electron chi connectivity index (χ1n) is 5.39. The average Bonchev–Trinajstić information content (AvgIpc) is 2.19. The third kappa shape index (κ3) is 3.20. The van der Waals surface area contributed by atoms with Crippen LogP contribution in [0.5, 0.6) is 0 Å². The van der Waals surface area contributed by atoms with Crippen molar-refractivity contribution in [3.05, 3.63) is 0 Å². The molecule has 0 aromatic carbocycles. The van der Waals surface area contributed by atoms with E-state index in [0.717, 1.165) is 25.9 Å². The number of aliphatic hydroxyl groups excluding tert-OH is 1. The Labute approximate surface area is 85.8 Å². The molecular weight excluding hydrogens is 180 g/mol. The van der Waals surface area contributed by atoms with Gasteiger partial charge in [-0.25, -0.2) is 0 Å². The topological polar surface area (TPSA) is 67.5 Å². The molecule has 0 spiro atoms. The van der Waals surface area contributed by atoms with Gasteiger partial charge in [0.25, 0.3) is 0 Å². The highest BCUT2D eigenvalue weighted by molar-refractivity contribution is 4.92. The molecule has 0 aromatic rings. The van der Waals surface area contributed by atoms with Crippen molar-refractivity contribution in [2.75, 3.05) is 26.4 Å². The van der Waals surface area contributed by atoms with Gasteiger partial charge in [0.2, 0.25) is 0 Å². The Balaban J connectivity index is 2.42. The average molecular weight is 202 g/mol. The molecule has 0 radical (unpaired) electrons. The van der Waals surface area contributed by atoms with Crippen molar-refractivity contribution in [3.63, 3.8) is 0 Å². The van der Waals surface area contributed by atoms with E-state index in [1.165, 1.54) is 0 Å². The smallest absolute Gasteiger partial charge is 0.0660 e. The van der Waals surface area contributed by atoms with Crippen LogP contribution in [-0.4, -0.2) is 43.1 Å². The minimum Gasteiger partial charge on any atom is -0.396 e. The second-order valence-corrected chi connectivity index (χ2v) is 4.20. The molecule has 2 unspecified atom stereocenters. The van der Waals surface area contributed by atoms with Gasteiger partial charge in [-0.1, -0.05) is 0 Å². The third-order valence-corrected chi connectivity index (χ3v) is 2.83. The number of nitrogens with one attached hydrogen (secondary N) is 1. The quantitative estimate of drug-likeness (QED) is 0.580. The molecule has 1 fully saturated rings. The van der Waals surface area contributed by atoms with E-state index in [-0.39, 0.29) is 12.1 Å². The molecule has 1 rings (SSSR count). The van der Waals surface area contributed by atoms with Crippen molar-refractivity contribution >= 4 is 0 Å². The lowest BCUT2D eigenvalue weighted by Gasteiger charge is -2.39. The summed E-state index contributed by atoms with van der Waals surface area (Å²) >= 11 is 0. The van der Waals surface area contributed by atoms with Crippen molar-refractivity contribution in [3.8, 4) is 0 Å². The Kier molecular flexibility index (Phi) is 4.81. The van der Waals surface area contributed by atoms with Gasteiger partial charge in [-0.2, -0.15) is 0 Å². The van der Waals surface area contributed by atoms with Crippen molar-refractivity contribution in [1.82, 2.24) is 5.32 Å². The molecular formula is C10H22N2O2. The van der Waals surface area contributed by atoms with E-state index in [0.29, 0.717) is 19.2 Å². The standard InChI is InChI=1S/C10H22N2O2/c1-9(3-5-13)12-10(7-11)4-2-6-14-8-10/h9,12-13H,2-8,11H2,1H3. The Morgan fingerprint density at radius 3 is 2.93 bits per heavy atom. The Bertz CT molecular complexity index is 158. The van der Waals surface area contributed by atoms with E-state index in [1.54, 1.807) is 0 Å². The predicted molar refractivity (Wildman–Crippen MR) is 56.1 cm³/mol. The Morgan fingerprint density at radius 2 is 2.43 bits per heavy atom. The van der Waals surface area contributed by atoms with Crippen LogP contribution in [0.1, 0.15) is 26.2 Å². The number of ether oxygens (including phenoxy) is 1. The van der Waals surface area contributed by atoms with E-state index in [4.69, 9.17) is 15.6 Å². The van der Waals surface area contributed by atoms with Crippen molar-refractivity contribution in [2.45, 2.75) is 37.8 Å². The van der Waals surface area contributed by atoms with Crippen molar-refractivity contribution in [2.24, 2.45) is 5.73 Å². The minimum atomic E-state index is -0.0627. The van der Waals surface area contributed by atoms with Crippen molar-refractivity contribution < 1.29 is 9.84 Å². The SMILES string of the molecule is CC(CCO)NC1(CN)CCCOC1. The maximum Gasteiger partial charge on any atom is 0.0660 e. The predicted octanol–water partition coefficient (Wildman–Crippen LogP) is -0.145. The second kappa shape index (κ2) is 5.66. The molecule has 0 saturated carbocycles. The summed E-state index contributed by atoms with van der Waals surface area (Å²) in [7, 11) is 0. The summed E-state index contributed by atoms with van der Waals surface area (Å²) in [6.45, 7) is 4.43. The summed E-state index contributed by atoms with van der Waals surface area (Å²) in [4.78, 5) is 0. The molecule has 14 heavy (non-hydrogen) atoms. The third-order valence-electron chi connectivity index (χ3n) is 2.83. The van der Waals surface area contributed by atoms with Crippen LogP contribution >= 0.6 is 0 Å². The molecule has 0 aromatic heterocycles. The largest absolute Gasteiger partial charge is 0.396 e. The number of rotatable bonds is 5. The highest BCUT2D eigenvalue weighted by Crippen LogP contribution is 2.19. The van der Waals surface area contributed by atoms with Gasteiger partial charge in [-0.05, 0) is 26.2 Å². The fraction of sp³-hybridized carbons (Fsp3) is 1.00. The lowest BCUT2D eigenvalue weighted by molar-refractivity contribution is 0.0181. The number of nitrogens with two attached hydrogens (primary N) is 1. The van der Waals surface area contributed by atoms with Gasteiger partial charge < -0.3 is 20.9 Å². The lowest BCUT2D eigenvalue weighted by Crippen LogP contribution is -2.59. The monoisotopic (exact) mass is 202 g/mol. The molecule has 2 atom stereocenters. The van der Waals surface area contributed by atoms with E-state index < -0.39 is 0 Å². The minimum absolute atomic E-state index is 0.0627. The number of aliphatic hydroxyl groups is 1.